The Balaban J connectivity index is 2.08. The highest BCUT2D eigenvalue weighted by Gasteiger charge is 2.40. The minimum Gasteiger partial charge on any atom is -0.342 e. The molecule has 0 aromatic heterocycles. The van der Waals surface area contributed by atoms with Crippen molar-refractivity contribution in [3.63, 3.8) is 0 Å². The number of aliphatic imine (C=N–C) groups is 1. The molecule has 1 aromatic carbocycles. The van der Waals surface area contributed by atoms with Crippen molar-refractivity contribution in [2.75, 3.05) is 6.54 Å². The van der Waals surface area contributed by atoms with Crippen molar-refractivity contribution in [3.05, 3.63) is 34.3 Å². The predicted molar refractivity (Wildman–Crippen MR) is 84.7 cm³/mol. The minimum atomic E-state index is -0.635. The van der Waals surface area contributed by atoms with Gasteiger partial charge < -0.3 is 5.32 Å². The van der Waals surface area contributed by atoms with Gasteiger partial charge in [0.2, 0.25) is 0 Å². The molecule has 1 aromatic rings. The predicted octanol–water partition coefficient (Wildman–Crippen LogP) is 2.48. The van der Waals surface area contributed by atoms with Crippen LogP contribution in [0.3, 0.4) is 0 Å². The second-order valence-electron chi connectivity index (χ2n) is 5.80. The molecule has 0 saturated carbocycles. The molecule has 1 amide bonds. The summed E-state index contributed by atoms with van der Waals surface area (Å²) < 4.78 is 1.04. The number of rotatable bonds is 4. The maximum atomic E-state index is 12.2. The van der Waals surface area contributed by atoms with E-state index >= 15 is 0 Å². The Morgan fingerprint density at radius 2 is 1.95 bits per heavy atom. The molecule has 1 fully saturated rings. The van der Waals surface area contributed by atoms with Gasteiger partial charge in [0.05, 0.1) is 0 Å². The average Bonchev–Trinajstić information content (AvgIpc) is 2.65. The molecular formula is C15H20BrN3O. The molecular weight excluding hydrogens is 318 g/mol. The third kappa shape index (κ3) is 3.60. The number of nitrogens with zero attached hydrogens (tertiary/aromatic N) is 1. The van der Waals surface area contributed by atoms with Crippen LogP contribution < -0.4 is 10.6 Å². The van der Waals surface area contributed by atoms with Crippen LogP contribution in [0.5, 0.6) is 0 Å². The Kier molecular flexibility index (Phi) is 4.48. The quantitative estimate of drug-likeness (QED) is 0.886. The highest BCUT2D eigenvalue weighted by molar-refractivity contribution is 9.10. The Labute approximate surface area is 128 Å². The first-order valence-electron chi connectivity index (χ1n) is 6.77. The first-order chi connectivity index (χ1) is 9.39. The van der Waals surface area contributed by atoms with Gasteiger partial charge in [-0.15, -0.1) is 0 Å². The summed E-state index contributed by atoms with van der Waals surface area (Å²) in [6.07, 6.45) is 0.632. The van der Waals surface area contributed by atoms with Crippen molar-refractivity contribution < 1.29 is 4.79 Å². The molecule has 0 radical (unpaired) electrons. The number of halogens is 1. The SMILES string of the molecule is CC(C)CN=C1NC(=O)C(C)(Cc2ccc(Br)cc2)N1. The van der Waals surface area contributed by atoms with Gasteiger partial charge in [-0.1, -0.05) is 41.9 Å². The number of hydrogen-bond donors (Lipinski definition) is 2. The van der Waals surface area contributed by atoms with Gasteiger partial charge in [-0.2, -0.15) is 0 Å². The van der Waals surface area contributed by atoms with Crippen LogP contribution in [0.1, 0.15) is 26.3 Å². The zero-order valence-corrected chi connectivity index (χ0v) is 13.6. The van der Waals surface area contributed by atoms with E-state index in [1.165, 1.54) is 0 Å². The number of hydrogen-bond acceptors (Lipinski definition) is 2. The van der Waals surface area contributed by atoms with E-state index in [1.807, 2.05) is 31.2 Å². The van der Waals surface area contributed by atoms with E-state index < -0.39 is 5.54 Å². The van der Waals surface area contributed by atoms with Crippen LogP contribution in [0.2, 0.25) is 0 Å². The summed E-state index contributed by atoms with van der Waals surface area (Å²) in [4.78, 5) is 16.5. The van der Waals surface area contributed by atoms with Gasteiger partial charge in [0.15, 0.2) is 5.96 Å². The molecule has 20 heavy (non-hydrogen) atoms. The first kappa shape index (κ1) is 15.0. The number of guanidine groups is 1. The van der Waals surface area contributed by atoms with Gasteiger partial charge in [0, 0.05) is 17.4 Å². The van der Waals surface area contributed by atoms with E-state index in [9.17, 15) is 4.79 Å². The third-order valence-electron chi connectivity index (χ3n) is 3.21. The van der Waals surface area contributed by atoms with Crippen LogP contribution >= 0.6 is 15.9 Å². The van der Waals surface area contributed by atoms with Crippen LogP contribution in [0.25, 0.3) is 0 Å². The molecule has 2 N–H and O–H groups in total. The lowest BCUT2D eigenvalue weighted by atomic mass is 9.93. The molecule has 1 atom stereocenters. The summed E-state index contributed by atoms with van der Waals surface area (Å²) >= 11 is 3.41. The summed E-state index contributed by atoms with van der Waals surface area (Å²) in [6, 6.07) is 8.01. The largest absolute Gasteiger partial charge is 0.342 e. The lowest BCUT2D eigenvalue weighted by Crippen LogP contribution is -2.45. The standard InChI is InChI=1S/C15H20BrN3O/c1-10(2)9-17-14-18-13(20)15(3,19-14)8-11-4-6-12(16)7-5-11/h4-7,10H,8-9H2,1-3H3,(H2,17,18,19,20). The average molecular weight is 338 g/mol. The number of carbonyl (C=O) groups excluding carboxylic acids is 1. The van der Waals surface area contributed by atoms with E-state index in [0.29, 0.717) is 24.8 Å². The van der Waals surface area contributed by atoms with Crippen molar-refractivity contribution in [1.82, 2.24) is 10.6 Å². The molecule has 0 bridgehead atoms. The third-order valence-corrected chi connectivity index (χ3v) is 3.74. The molecule has 0 spiro atoms. The molecule has 1 saturated heterocycles. The molecule has 0 aliphatic carbocycles. The van der Waals surface area contributed by atoms with Crippen LogP contribution in [0.15, 0.2) is 33.7 Å². The number of benzene rings is 1. The molecule has 1 aliphatic heterocycles. The molecule has 1 heterocycles. The van der Waals surface area contributed by atoms with Crippen LogP contribution in [0.4, 0.5) is 0 Å². The van der Waals surface area contributed by atoms with E-state index in [1.54, 1.807) is 0 Å². The summed E-state index contributed by atoms with van der Waals surface area (Å²) in [6.45, 7) is 6.81. The molecule has 1 unspecified atom stereocenters. The van der Waals surface area contributed by atoms with Crippen molar-refractivity contribution in [2.45, 2.75) is 32.7 Å². The smallest absolute Gasteiger partial charge is 0.252 e. The molecule has 2 rings (SSSR count). The van der Waals surface area contributed by atoms with Gasteiger partial charge in [-0.25, -0.2) is 0 Å². The fourth-order valence-electron chi connectivity index (χ4n) is 2.08. The van der Waals surface area contributed by atoms with Gasteiger partial charge >= 0.3 is 0 Å². The van der Waals surface area contributed by atoms with Gasteiger partial charge in [-0.3, -0.25) is 15.1 Å². The number of amides is 1. The maximum Gasteiger partial charge on any atom is 0.252 e. The van der Waals surface area contributed by atoms with Gasteiger partial charge in [-0.05, 0) is 30.5 Å². The summed E-state index contributed by atoms with van der Waals surface area (Å²) in [5.74, 6) is 1.03. The van der Waals surface area contributed by atoms with Crippen LogP contribution in [-0.4, -0.2) is 24.0 Å². The van der Waals surface area contributed by atoms with E-state index in [2.05, 4.69) is 45.4 Å². The Morgan fingerprint density at radius 1 is 1.30 bits per heavy atom. The first-order valence-corrected chi connectivity index (χ1v) is 7.57. The molecule has 4 nitrogen and oxygen atoms in total. The van der Waals surface area contributed by atoms with Gasteiger partial charge in [0.25, 0.3) is 5.91 Å². The van der Waals surface area contributed by atoms with E-state index in [-0.39, 0.29) is 5.91 Å². The normalized spacial score (nSPS) is 24.1. The van der Waals surface area contributed by atoms with E-state index in [0.717, 1.165) is 10.0 Å². The fourth-order valence-corrected chi connectivity index (χ4v) is 2.35. The van der Waals surface area contributed by atoms with Crippen molar-refractivity contribution in [2.24, 2.45) is 10.9 Å². The highest BCUT2D eigenvalue weighted by Crippen LogP contribution is 2.19. The monoisotopic (exact) mass is 337 g/mol. The Morgan fingerprint density at radius 3 is 2.55 bits per heavy atom. The van der Waals surface area contributed by atoms with Crippen LogP contribution in [-0.2, 0) is 11.2 Å². The fraction of sp³-hybridized carbons (Fsp3) is 0.467. The number of carbonyl (C=O) groups is 1. The molecule has 5 heteroatoms. The molecule has 108 valence electrons. The van der Waals surface area contributed by atoms with Crippen molar-refractivity contribution in [1.29, 1.82) is 0 Å². The zero-order valence-electron chi connectivity index (χ0n) is 12.0. The zero-order chi connectivity index (χ0) is 14.8. The lowest BCUT2D eigenvalue weighted by molar-refractivity contribution is -0.123. The van der Waals surface area contributed by atoms with Gasteiger partial charge in [0.1, 0.15) is 5.54 Å². The number of nitrogens with one attached hydrogen (secondary N) is 2. The summed E-state index contributed by atoms with van der Waals surface area (Å²) in [7, 11) is 0. The summed E-state index contributed by atoms with van der Waals surface area (Å²) in [5, 5.41) is 6.04. The second-order valence-corrected chi connectivity index (χ2v) is 6.71. The topological polar surface area (TPSA) is 53.5 Å². The Bertz CT molecular complexity index is 524. The maximum absolute atomic E-state index is 12.2. The van der Waals surface area contributed by atoms with Crippen molar-refractivity contribution >= 4 is 27.8 Å². The lowest BCUT2D eigenvalue weighted by Gasteiger charge is -2.21. The highest BCUT2D eigenvalue weighted by atomic mass is 79.9. The second kappa shape index (κ2) is 5.95. The van der Waals surface area contributed by atoms with E-state index in [4.69, 9.17) is 0 Å². The van der Waals surface area contributed by atoms with Crippen LogP contribution in [0, 0.1) is 5.92 Å². The van der Waals surface area contributed by atoms with Crippen molar-refractivity contribution in [3.8, 4) is 0 Å². The minimum absolute atomic E-state index is 0.0251. The Hall–Kier alpha value is -1.36. The summed E-state index contributed by atoms with van der Waals surface area (Å²) in [5.41, 5.74) is 0.479. The molecule has 1 aliphatic rings.